The van der Waals surface area contributed by atoms with Gasteiger partial charge >= 0.3 is 18.2 Å². The molecule has 1 heterocycles. The monoisotopic (exact) mass is 432 g/mol. The van der Waals surface area contributed by atoms with Crippen LogP contribution in [0.4, 0.5) is 13.2 Å². The van der Waals surface area contributed by atoms with Gasteiger partial charge in [-0.2, -0.15) is 4.68 Å². The van der Waals surface area contributed by atoms with Crippen LogP contribution >= 0.6 is 0 Å². The molecule has 0 aliphatic rings. The van der Waals surface area contributed by atoms with Crippen LogP contribution in [0, 0.1) is 0 Å². The molecule has 1 aromatic heterocycles. The highest BCUT2D eigenvalue weighted by Crippen LogP contribution is 2.25. The van der Waals surface area contributed by atoms with E-state index >= 15 is 0 Å². The average Bonchev–Trinajstić information content (AvgIpc) is 3.11. The molecule has 0 saturated carbocycles. The summed E-state index contributed by atoms with van der Waals surface area (Å²) in [5.41, 5.74) is 0.185. The number of hydrogen-bond donors (Lipinski definition) is 0. The van der Waals surface area contributed by atoms with Crippen LogP contribution < -0.4 is 20.0 Å². The quantitative estimate of drug-likeness (QED) is 0.405. The minimum Gasteiger partial charge on any atom is -0.489 e. The summed E-state index contributed by atoms with van der Waals surface area (Å²) in [4.78, 5) is 12.0. The summed E-state index contributed by atoms with van der Waals surface area (Å²) >= 11 is 0. The Hall–Kier alpha value is -3.95. The van der Waals surface area contributed by atoms with E-state index in [0.29, 0.717) is 5.75 Å². The second kappa shape index (κ2) is 8.42. The first-order valence-electron chi connectivity index (χ1n) is 9.09. The van der Waals surface area contributed by atoms with Crippen LogP contribution in [0.2, 0.25) is 0 Å². The standard InChI is InChI=1S/C21H15F3N2O5/c22-21(23,24)31-16-10-8-15(9-11-16)26-20(27)30-19(25-26)29-13-12-28-18-7-3-5-14-4-1-2-6-17(14)18/h1-11H,12-13H2. The van der Waals surface area contributed by atoms with Gasteiger partial charge in [0.25, 0.3) is 0 Å². The van der Waals surface area contributed by atoms with E-state index in [4.69, 9.17) is 13.9 Å². The van der Waals surface area contributed by atoms with Gasteiger partial charge in [0.2, 0.25) is 0 Å². The minimum absolute atomic E-state index is 0.0571. The highest BCUT2D eigenvalue weighted by Gasteiger charge is 2.31. The number of halogens is 3. The van der Waals surface area contributed by atoms with Gasteiger partial charge in [0.15, 0.2) is 0 Å². The summed E-state index contributed by atoms with van der Waals surface area (Å²) in [6.07, 6.45) is -5.09. The number of nitrogens with zero attached hydrogens (tertiary/aromatic N) is 2. The lowest BCUT2D eigenvalue weighted by Crippen LogP contribution is -2.17. The number of ether oxygens (including phenoxy) is 3. The Morgan fingerprint density at radius 1 is 0.903 bits per heavy atom. The van der Waals surface area contributed by atoms with E-state index in [1.54, 1.807) is 0 Å². The summed E-state index contributed by atoms with van der Waals surface area (Å²) in [5.74, 6) is -0.584. The highest BCUT2D eigenvalue weighted by atomic mass is 19.4. The Morgan fingerprint density at radius 3 is 2.39 bits per heavy atom. The molecular formula is C21H15F3N2O5. The summed E-state index contributed by atoms with van der Waals surface area (Å²) in [5, 5.41) is 5.87. The van der Waals surface area contributed by atoms with Crippen LogP contribution in [0.1, 0.15) is 0 Å². The van der Waals surface area contributed by atoms with E-state index < -0.39 is 17.9 Å². The summed E-state index contributed by atoms with van der Waals surface area (Å²) in [6.45, 7) is 0.232. The molecule has 0 N–H and O–H groups in total. The zero-order valence-corrected chi connectivity index (χ0v) is 15.8. The van der Waals surface area contributed by atoms with Crippen molar-refractivity contribution in [2.24, 2.45) is 0 Å². The fraction of sp³-hybridized carbons (Fsp3) is 0.143. The number of benzene rings is 3. The molecule has 0 radical (unpaired) electrons. The summed E-state index contributed by atoms with van der Waals surface area (Å²) in [6, 6.07) is 18.0. The Bertz CT molecular complexity index is 1230. The van der Waals surface area contributed by atoms with Crippen LogP contribution in [-0.4, -0.2) is 29.4 Å². The molecule has 0 bridgehead atoms. The number of aromatic nitrogens is 2. The first-order chi connectivity index (χ1) is 14.9. The molecule has 160 valence electrons. The molecule has 0 spiro atoms. The van der Waals surface area contributed by atoms with Crippen molar-refractivity contribution in [3.8, 4) is 23.3 Å². The molecule has 3 aromatic carbocycles. The molecule has 4 rings (SSSR count). The van der Waals surface area contributed by atoms with Crippen LogP contribution in [-0.2, 0) is 0 Å². The Labute approximate surface area is 173 Å². The molecule has 0 unspecified atom stereocenters. The molecular weight excluding hydrogens is 417 g/mol. The van der Waals surface area contributed by atoms with Gasteiger partial charge in [-0.05, 0) is 35.7 Å². The molecule has 0 atom stereocenters. The van der Waals surface area contributed by atoms with Crippen LogP contribution in [0.15, 0.2) is 75.9 Å². The maximum Gasteiger partial charge on any atom is 0.573 e. The second-order valence-electron chi connectivity index (χ2n) is 6.26. The Balaban J connectivity index is 1.36. The van der Waals surface area contributed by atoms with Crippen molar-refractivity contribution in [3.63, 3.8) is 0 Å². The first kappa shape index (κ1) is 20.3. The predicted octanol–water partition coefficient (Wildman–Crippen LogP) is 4.34. The maximum absolute atomic E-state index is 12.2. The first-order valence-corrected chi connectivity index (χ1v) is 9.09. The smallest absolute Gasteiger partial charge is 0.489 e. The van der Waals surface area contributed by atoms with Gasteiger partial charge in [0.05, 0.1) is 5.69 Å². The van der Waals surface area contributed by atoms with E-state index in [2.05, 4.69) is 9.84 Å². The average molecular weight is 432 g/mol. The maximum atomic E-state index is 12.2. The SMILES string of the molecule is O=c1oc(OCCOc2cccc3ccccc23)nn1-c1ccc(OC(F)(F)F)cc1. The summed E-state index contributed by atoms with van der Waals surface area (Å²) in [7, 11) is 0. The molecule has 10 heteroatoms. The minimum atomic E-state index is -4.80. The number of alkyl halides is 3. The third-order valence-electron chi connectivity index (χ3n) is 4.16. The normalized spacial score (nSPS) is 11.5. The summed E-state index contributed by atoms with van der Waals surface area (Å²) < 4.78 is 57.3. The van der Waals surface area contributed by atoms with Crippen LogP contribution in [0.5, 0.6) is 17.6 Å². The third kappa shape index (κ3) is 4.97. The lowest BCUT2D eigenvalue weighted by molar-refractivity contribution is -0.274. The van der Waals surface area contributed by atoms with E-state index in [-0.39, 0.29) is 25.0 Å². The van der Waals surface area contributed by atoms with Crippen molar-refractivity contribution in [2.75, 3.05) is 13.2 Å². The molecule has 7 nitrogen and oxygen atoms in total. The van der Waals surface area contributed by atoms with Crippen molar-refractivity contribution in [1.82, 2.24) is 9.78 Å². The predicted molar refractivity (Wildman–Crippen MR) is 104 cm³/mol. The molecule has 0 saturated heterocycles. The Kier molecular flexibility index (Phi) is 5.52. The van der Waals surface area contributed by atoms with Gasteiger partial charge in [-0.3, -0.25) is 0 Å². The largest absolute Gasteiger partial charge is 0.573 e. The van der Waals surface area contributed by atoms with Gasteiger partial charge in [0, 0.05) is 5.39 Å². The fourth-order valence-corrected chi connectivity index (χ4v) is 2.87. The van der Waals surface area contributed by atoms with Gasteiger partial charge in [-0.1, -0.05) is 41.5 Å². The zero-order chi connectivity index (χ0) is 21.8. The molecule has 31 heavy (non-hydrogen) atoms. The lowest BCUT2D eigenvalue weighted by atomic mass is 10.1. The van der Waals surface area contributed by atoms with Crippen molar-refractivity contribution in [2.45, 2.75) is 6.36 Å². The van der Waals surface area contributed by atoms with Gasteiger partial charge in [0.1, 0.15) is 24.7 Å². The molecule has 0 aliphatic carbocycles. The lowest BCUT2D eigenvalue weighted by Gasteiger charge is -2.09. The topological polar surface area (TPSA) is 75.7 Å². The zero-order valence-electron chi connectivity index (χ0n) is 15.8. The molecule has 0 fully saturated rings. The van der Waals surface area contributed by atoms with E-state index in [9.17, 15) is 18.0 Å². The fourth-order valence-electron chi connectivity index (χ4n) is 2.87. The van der Waals surface area contributed by atoms with Gasteiger partial charge in [-0.25, -0.2) is 4.79 Å². The highest BCUT2D eigenvalue weighted by molar-refractivity contribution is 5.88. The Morgan fingerprint density at radius 2 is 1.61 bits per heavy atom. The number of rotatable bonds is 7. The van der Waals surface area contributed by atoms with Crippen LogP contribution in [0.25, 0.3) is 16.5 Å². The van der Waals surface area contributed by atoms with Crippen molar-refractivity contribution in [3.05, 3.63) is 77.3 Å². The van der Waals surface area contributed by atoms with E-state index in [0.717, 1.165) is 27.6 Å². The second-order valence-corrected chi connectivity index (χ2v) is 6.26. The van der Waals surface area contributed by atoms with E-state index in [1.807, 2.05) is 42.5 Å². The number of fused-ring (bicyclic) bond motifs is 1. The van der Waals surface area contributed by atoms with E-state index in [1.165, 1.54) is 12.1 Å². The number of hydrogen-bond acceptors (Lipinski definition) is 6. The third-order valence-corrected chi connectivity index (χ3v) is 4.16. The van der Waals surface area contributed by atoms with Gasteiger partial charge in [-0.15, -0.1) is 13.2 Å². The van der Waals surface area contributed by atoms with Crippen molar-refractivity contribution in [1.29, 1.82) is 0 Å². The van der Waals surface area contributed by atoms with Crippen molar-refractivity contribution < 1.29 is 31.8 Å². The van der Waals surface area contributed by atoms with Crippen molar-refractivity contribution >= 4 is 10.8 Å². The molecule has 4 aromatic rings. The van der Waals surface area contributed by atoms with Gasteiger partial charge < -0.3 is 18.6 Å². The molecule has 0 amide bonds. The molecule has 0 aliphatic heterocycles. The van der Waals surface area contributed by atoms with Crippen LogP contribution in [0.3, 0.4) is 0 Å².